The molecule has 0 aliphatic heterocycles. The molecule has 2 aromatic carbocycles. The minimum atomic E-state index is -0.405. The van der Waals surface area contributed by atoms with E-state index < -0.39 is 5.97 Å². The highest BCUT2D eigenvalue weighted by molar-refractivity contribution is 5.96. The van der Waals surface area contributed by atoms with Gasteiger partial charge in [-0.15, -0.1) is 0 Å². The number of nitrogen functional groups attached to an aromatic ring is 1. The van der Waals surface area contributed by atoms with Gasteiger partial charge in [0.2, 0.25) is 0 Å². The van der Waals surface area contributed by atoms with Gasteiger partial charge in [-0.2, -0.15) is 0 Å². The minimum Gasteiger partial charge on any atom is -0.462 e. The lowest BCUT2D eigenvalue weighted by Gasteiger charge is -2.07. The molecule has 0 unspecified atom stereocenters. The van der Waals surface area contributed by atoms with E-state index in [2.05, 4.69) is 11.8 Å². The van der Waals surface area contributed by atoms with E-state index in [0.717, 1.165) is 12.0 Å². The number of rotatable bonds is 3. The summed E-state index contributed by atoms with van der Waals surface area (Å²) in [6.07, 6.45) is 0.777. The topological polar surface area (TPSA) is 52.3 Å². The molecule has 0 aliphatic rings. The molecule has 0 bridgehead atoms. The molecule has 0 atom stereocenters. The van der Waals surface area contributed by atoms with E-state index in [1.54, 1.807) is 18.2 Å². The van der Waals surface area contributed by atoms with E-state index in [1.807, 2.05) is 37.3 Å². The molecule has 0 fully saturated rings. The third-order valence-electron chi connectivity index (χ3n) is 2.88. The summed E-state index contributed by atoms with van der Waals surface area (Å²) >= 11 is 0. The van der Waals surface area contributed by atoms with E-state index in [0.29, 0.717) is 23.4 Å². The molecule has 0 amide bonds. The number of carbonyl (C=O) groups is 1. The third kappa shape index (κ3) is 3.87. The zero-order chi connectivity index (χ0) is 15.1. The Bertz CT molecular complexity index is 681. The molecule has 0 aromatic heterocycles. The Morgan fingerprint density at radius 3 is 2.57 bits per heavy atom. The van der Waals surface area contributed by atoms with Gasteiger partial charge in [-0.05, 0) is 30.7 Å². The van der Waals surface area contributed by atoms with Gasteiger partial charge in [-0.3, -0.25) is 0 Å². The predicted octanol–water partition coefficient (Wildman–Crippen LogP) is 3.24. The summed E-state index contributed by atoms with van der Waals surface area (Å²) in [6, 6.07) is 14.8. The van der Waals surface area contributed by atoms with Crippen molar-refractivity contribution in [2.45, 2.75) is 13.3 Å². The first-order valence-electron chi connectivity index (χ1n) is 6.85. The number of anilines is 1. The first-order valence-corrected chi connectivity index (χ1v) is 6.85. The molecular weight excluding hydrogens is 262 g/mol. The van der Waals surface area contributed by atoms with E-state index >= 15 is 0 Å². The molecule has 0 saturated heterocycles. The Morgan fingerprint density at radius 2 is 1.86 bits per heavy atom. The van der Waals surface area contributed by atoms with Crippen molar-refractivity contribution in [3.05, 3.63) is 65.2 Å². The van der Waals surface area contributed by atoms with Crippen molar-refractivity contribution in [1.29, 1.82) is 0 Å². The van der Waals surface area contributed by atoms with Crippen LogP contribution >= 0.6 is 0 Å². The zero-order valence-electron chi connectivity index (χ0n) is 11.9. The van der Waals surface area contributed by atoms with Crippen LogP contribution in [0, 0.1) is 11.8 Å². The number of para-hydroxylation sites is 1. The molecule has 21 heavy (non-hydrogen) atoms. The smallest absolute Gasteiger partial charge is 0.340 e. The van der Waals surface area contributed by atoms with Crippen molar-refractivity contribution < 1.29 is 9.53 Å². The highest BCUT2D eigenvalue weighted by atomic mass is 16.5. The quantitative estimate of drug-likeness (QED) is 0.533. The van der Waals surface area contributed by atoms with E-state index in [1.165, 1.54) is 0 Å². The second-order valence-electron chi connectivity index (χ2n) is 4.52. The number of hydrogen-bond donors (Lipinski definition) is 1. The summed E-state index contributed by atoms with van der Waals surface area (Å²) in [5.41, 5.74) is 8.27. The second kappa shape index (κ2) is 7.16. The van der Waals surface area contributed by atoms with Crippen LogP contribution in [-0.4, -0.2) is 12.6 Å². The summed E-state index contributed by atoms with van der Waals surface area (Å²) < 4.78 is 5.11. The Balaban J connectivity index is 2.26. The molecule has 0 heterocycles. The maximum absolute atomic E-state index is 11.9. The molecular formula is C18H17NO2. The highest BCUT2D eigenvalue weighted by Gasteiger charge is 2.12. The van der Waals surface area contributed by atoms with Crippen molar-refractivity contribution in [2.24, 2.45) is 0 Å². The largest absolute Gasteiger partial charge is 0.462 e. The maximum atomic E-state index is 11.9. The fraction of sp³-hybridized carbons (Fsp3) is 0.167. The van der Waals surface area contributed by atoms with Gasteiger partial charge < -0.3 is 10.5 Å². The molecule has 0 spiro atoms. The van der Waals surface area contributed by atoms with Crippen LogP contribution in [0.4, 0.5) is 5.69 Å². The van der Waals surface area contributed by atoms with E-state index in [4.69, 9.17) is 10.5 Å². The molecule has 0 aliphatic carbocycles. The molecule has 3 heteroatoms. The van der Waals surface area contributed by atoms with Gasteiger partial charge in [0, 0.05) is 11.1 Å². The number of benzene rings is 2. The molecule has 2 rings (SSSR count). The Hall–Kier alpha value is -2.73. The molecule has 3 nitrogen and oxygen atoms in total. The van der Waals surface area contributed by atoms with Crippen molar-refractivity contribution in [2.75, 3.05) is 12.3 Å². The monoisotopic (exact) mass is 279 g/mol. The summed E-state index contributed by atoms with van der Waals surface area (Å²) in [5.74, 6) is 5.62. The standard InChI is InChI=1S/C18H17NO2/c1-2-13-21-18(20)16-10-6-9-15(17(16)19)12-11-14-7-4-3-5-8-14/h3-10H,2,13,19H2,1H3. The lowest BCUT2D eigenvalue weighted by atomic mass is 10.1. The molecule has 2 aromatic rings. The van der Waals surface area contributed by atoms with Gasteiger partial charge in [0.15, 0.2) is 0 Å². The molecule has 2 N–H and O–H groups in total. The van der Waals surface area contributed by atoms with Crippen molar-refractivity contribution in [3.8, 4) is 11.8 Å². The van der Waals surface area contributed by atoms with Crippen LogP contribution in [0.25, 0.3) is 0 Å². The van der Waals surface area contributed by atoms with Crippen LogP contribution in [0.3, 0.4) is 0 Å². The number of nitrogens with two attached hydrogens (primary N) is 1. The van der Waals surface area contributed by atoms with Crippen molar-refractivity contribution in [3.63, 3.8) is 0 Å². The highest BCUT2D eigenvalue weighted by Crippen LogP contribution is 2.18. The van der Waals surface area contributed by atoms with Gasteiger partial charge in [-0.1, -0.05) is 43.0 Å². The number of carbonyl (C=O) groups excluding carboxylic acids is 1. The van der Waals surface area contributed by atoms with Crippen LogP contribution in [0.2, 0.25) is 0 Å². The Labute approximate surface area is 124 Å². The van der Waals surface area contributed by atoms with Crippen LogP contribution in [0.1, 0.15) is 34.8 Å². The average molecular weight is 279 g/mol. The summed E-state index contributed by atoms with van der Waals surface area (Å²) in [7, 11) is 0. The molecule has 106 valence electrons. The number of esters is 1. The lowest BCUT2D eigenvalue weighted by molar-refractivity contribution is 0.0506. The summed E-state index contributed by atoms with van der Waals surface area (Å²) in [6.45, 7) is 2.33. The fourth-order valence-corrected chi connectivity index (χ4v) is 1.79. The minimum absolute atomic E-state index is 0.363. The number of hydrogen-bond acceptors (Lipinski definition) is 3. The predicted molar refractivity (Wildman–Crippen MR) is 83.8 cm³/mol. The Morgan fingerprint density at radius 1 is 1.10 bits per heavy atom. The first kappa shape index (κ1) is 14.7. The van der Waals surface area contributed by atoms with Gasteiger partial charge in [0.1, 0.15) is 0 Å². The second-order valence-corrected chi connectivity index (χ2v) is 4.52. The van der Waals surface area contributed by atoms with E-state index in [9.17, 15) is 4.79 Å². The zero-order valence-corrected chi connectivity index (χ0v) is 11.9. The van der Waals surface area contributed by atoms with Gasteiger partial charge in [-0.25, -0.2) is 4.79 Å². The SMILES string of the molecule is CCCOC(=O)c1cccc(C#Cc2ccccc2)c1N. The first-order chi connectivity index (χ1) is 10.2. The van der Waals surface area contributed by atoms with Crippen LogP contribution in [0.5, 0.6) is 0 Å². The van der Waals surface area contributed by atoms with Crippen LogP contribution in [-0.2, 0) is 4.74 Å². The summed E-state index contributed by atoms with van der Waals surface area (Å²) in [4.78, 5) is 11.9. The molecule has 0 saturated carbocycles. The van der Waals surface area contributed by atoms with E-state index in [-0.39, 0.29) is 0 Å². The summed E-state index contributed by atoms with van der Waals surface area (Å²) in [5, 5.41) is 0. The van der Waals surface area contributed by atoms with Gasteiger partial charge in [0.05, 0.1) is 17.9 Å². The fourth-order valence-electron chi connectivity index (χ4n) is 1.79. The van der Waals surface area contributed by atoms with Crippen molar-refractivity contribution in [1.82, 2.24) is 0 Å². The van der Waals surface area contributed by atoms with Crippen LogP contribution < -0.4 is 5.73 Å². The van der Waals surface area contributed by atoms with Gasteiger partial charge >= 0.3 is 5.97 Å². The normalized spacial score (nSPS) is 9.57. The Kier molecular flexibility index (Phi) is 5.00. The van der Waals surface area contributed by atoms with Crippen LogP contribution in [0.15, 0.2) is 48.5 Å². The lowest BCUT2D eigenvalue weighted by Crippen LogP contribution is -2.09. The van der Waals surface area contributed by atoms with Crippen molar-refractivity contribution >= 4 is 11.7 Å². The third-order valence-corrected chi connectivity index (χ3v) is 2.88. The maximum Gasteiger partial charge on any atom is 0.340 e. The number of ether oxygens (including phenoxy) is 1. The van der Waals surface area contributed by atoms with Gasteiger partial charge in [0.25, 0.3) is 0 Å². The molecule has 0 radical (unpaired) electrons. The average Bonchev–Trinajstić information content (AvgIpc) is 2.52.